The molecule has 0 amide bonds. The lowest BCUT2D eigenvalue weighted by Crippen LogP contribution is -2.15. The number of rotatable bonds is 7. The van der Waals surface area contributed by atoms with Crippen LogP contribution in [0.25, 0.3) is 6.08 Å². The fourth-order valence-electron chi connectivity index (χ4n) is 2.90. The summed E-state index contributed by atoms with van der Waals surface area (Å²) in [7, 11) is -1.51. The first-order chi connectivity index (χ1) is 13.6. The van der Waals surface area contributed by atoms with Crippen molar-refractivity contribution in [1.29, 1.82) is 0 Å². The molecule has 0 aliphatic carbocycles. The molecular formula is C24H23FO2S. The second-order valence-electron chi connectivity index (χ2n) is 6.64. The second-order valence-corrected chi connectivity index (χ2v) is 8.09. The molecule has 0 saturated heterocycles. The number of benzene rings is 3. The Labute approximate surface area is 167 Å². The summed E-state index contributed by atoms with van der Waals surface area (Å²) in [6.07, 6.45) is 0.946. The van der Waals surface area contributed by atoms with Crippen LogP contribution in [0.1, 0.15) is 29.3 Å². The van der Waals surface area contributed by atoms with Gasteiger partial charge in [-0.25, -0.2) is 8.60 Å². The van der Waals surface area contributed by atoms with Crippen LogP contribution in [0.15, 0.2) is 94.7 Å². The van der Waals surface area contributed by atoms with Gasteiger partial charge in [-0.05, 0) is 37.1 Å². The molecule has 0 radical (unpaired) electrons. The zero-order valence-electron chi connectivity index (χ0n) is 15.7. The topological polar surface area (TPSA) is 37.3 Å². The minimum absolute atomic E-state index is 0.168. The summed E-state index contributed by atoms with van der Waals surface area (Å²) in [5.41, 5.74) is 2.33. The van der Waals surface area contributed by atoms with Gasteiger partial charge in [-0.3, -0.25) is 0 Å². The molecule has 2 nitrogen and oxygen atoms in total. The van der Waals surface area contributed by atoms with Crippen molar-refractivity contribution in [3.8, 4) is 0 Å². The smallest absolute Gasteiger partial charge is 0.152 e. The summed E-state index contributed by atoms with van der Waals surface area (Å²) in [6, 6.07) is 23.7. The second kappa shape index (κ2) is 9.58. The van der Waals surface area contributed by atoms with Crippen LogP contribution in [0.3, 0.4) is 0 Å². The summed E-state index contributed by atoms with van der Waals surface area (Å²) in [5.74, 6) is 0. The lowest BCUT2D eigenvalue weighted by atomic mass is 10.0. The van der Waals surface area contributed by atoms with Crippen LogP contribution in [-0.4, -0.2) is 15.4 Å². The average molecular weight is 395 g/mol. The molecule has 3 atom stereocenters. The Hall–Kier alpha value is -2.56. The van der Waals surface area contributed by atoms with E-state index < -0.39 is 23.1 Å². The predicted molar refractivity (Wildman–Crippen MR) is 112 cm³/mol. The van der Waals surface area contributed by atoms with Gasteiger partial charge in [0.25, 0.3) is 0 Å². The Balaban J connectivity index is 1.76. The maximum Gasteiger partial charge on any atom is 0.152 e. The monoisotopic (exact) mass is 394 g/mol. The van der Waals surface area contributed by atoms with Gasteiger partial charge in [-0.1, -0.05) is 78.4 Å². The van der Waals surface area contributed by atoms with Crippen molar-refractivity contribution >= 4 is 16.9 Å². The molecule has 0 heterocycles. The van der Waals surface area contributed by atoms with E-state index in [-0.39, 0.29) is 12.0 Å². The molecule has 3 aromatic rings. The zero-order valence-corrected chi connectivity index (χ0v) is 16.5. The molecule has 28 heavy (non-hydrogen) atoms. The normalized spacial score (nSPS) is 14.7. The summed E-state index contributed by atoms with van der Waals surface area (Å²) < 4.78 is 28.0. The Morgan fingerprint density at radius 3 is 2.32 bits per heavy atom. The highest BCUT2D eigenvalue weighted by molar-refractivity contribution is 7.85. The first kappa shape index (κ1) is 20.2. The number of aryl methyl sites for hydroxylation is 1. The third-order valence-electron chi connectivity index (χ3n) is 4.48. The average Bonchev–Trinajstić information content (AvgIpc) is 2.74. The minimum atomic E-state index is -1.62. The van der Waals surface area contributed by atoms with Crippen molar-refractivity contribution in [2.75, 3.05) is 0 Å². The zero-order chi connectivity index (χ0) is 19.9. The van der Waals surface area contributed by atoms with Crippen LogP contribution < -0.4 is 0 Å². The van der Waals surface area contributed by atoms with Gasteiger partial charge in [0, 0.05) is 15.4 Å². The van der Waals surface area contributed by atoms with Gasteiger partial charge in [0.2, 0.25) is 0 Å². The largest absolute Gasteiger partial charge is 0.389 e. The first-order valence-electron chi connectivity index (χ1n) is 9.17. The number of hydrogen-bond donors (Lipinski definition) is 1. The standard InChI is InChI=1S/C24H23FO2S/c1-18-14-16-20(17-15-18)28(27)23-13-6-5-11-21(23)24(25)22(26)12-7-10-19-8-3-2-4-9-19/h2-11,13-17,22,24,26H,12H2,1H3/b10-7+/t22-,24-,28?/m0/s1. The van der Waals surface area contributed by atoms with E-state index in [1.807, 2.05) is 55.5 Å². The Kier molecular flexibility index (Phi) is 6.90. The molecule has 0 aliphatic heterocycles. The van der Waals surface area contributed by atoms with Gasteiger partial charge < -0.3 is 5.11 Å². The van der Waals surface area contributed by atoms with Gasteiger partial charge in [-0.2, -0.15) is 0 Å². The molecule has 0 aromatic heterocycles. The fourth-order valence-corrected chi connectivity index (χ4v) is 4.13. The maximum absolute atomic E-state index is 15.0. The van der Waals surface area contributed by atoms with Gasteiger partial charge in [-0.15, -0.1) is 0 Å². The van der Waals surface area contributed by atoms with Gasteiger partial charge in [0.1, 0.15) is 0 Å². The van der Waals surface area contributed by atoms with Crippen LogP contribution in [-0.2, 0) is 10.8 Å². The number of aliphatic hydroxyl groups excluding tert-OH is 1. The van der Waals surface area contributed by atoms with Crippen LogP contribution in [0, 0.1) is 6.92 Å². The van der Waals surface area contributed by atoms with E-state index in [1.165, 1.54) is 0 Å². The molecular weight excluding hydrogens is 371 g/mol. The number of aliphatic hydroxyl groups is 1. The molecule has 3 aromatic carbocycles. The highest BCUT2D eigenvalue weighted by Gasteiger charge is 2.24. The van der Waals surface area contributed by atoms with Crippen LogP contribution in [0.2, 0.25) is 0 Å². The van der Waals surface area contributed by atoms with E-state index in [9.17, 15) is 9.32 Å². The van der Waals surface area contributed by atoms with Gasteiger partial charge >= 0.3 is 0 Å². The van der Waals surface area contributed by atoms with E-state index in [0.717, 1.165) is 11.1 Å². The Bertz CT molecular complexity index is 952. The molecule has 0 bridgehead atoms. The molecule has 1 unspecified atom stereocenters. The van der Waals surface area contributed by atoms with Crippen molar-refractivity contribution in [3.63, 3.8) is 0 Å². The molecule has 144 valence electrons. The van der Waals surface area contributed by atoms with Crippen molar-refractivity contribution in [2.24, 2.45) is 0 Å². The summed E-state index contributed by atoms with van der Waals surface area (Å²) in [6.45, 7) is 1.96. The fraction of sp³-hybridized carbons (Fsp3) is 0.167. The molecule has 0 spiro atoms. The summed E-state index contributed by atoms with van der Waals surface area (Å²) in [4.78, 5) is 1.01. The first-order valence-corrected chi connectivity index (χ1v) is 10.3. The highest BCUT2D eigenvalue weighted by atomic mass is 32.2. The van der Waals surface area contributed by atoms with Crippen molar-refractivity contribution < 1.29 is 13.7 Å². The molecule has 0 aliphatic rings. The predicted octanol–water partition coefficient (Wildman–Crippen LogP) is 5.64. The lowest BCUT2D eigenvalue weighted by molar-refractivity contribution is 0.0788. The molecule has 0 fully saturated rings. The van der Waals surface area contributed by atoms with E-state index in [4.69, 9.17) is 0 Å². The van der Waals surface area contributed by atoms with E-state index in [0.29, 0.717) is 9.79 Å². The third-order valence-corrected chi connectivity index (χ3v) is 5.95. The van der Waals surface area contributed by atoms with E-state index >= 15 is 4.39 Å². The van der Waals surface area contributed by atoms with Gasteiger partial charge in [0.05, 0.1) is 16.9 Å². The Morgan fingerprint density at radius 1 is 0.964 bits per heavy atom. The van der Waals surface area contributed by atoms with Crippen LogP contribution >= 0.6 is 0 Å². The number of halogens is 1. The summed E-state index contributed by atoms with van der Waals surface area (Å²) in [5, 5.41) is 10.3. The van der Waals surface area contributed by atoms with Crippen molar-refractivity contribution in [2.45, 2.75) is 35.4 Å². The van der Waals surface area contributed by atoms with Crippen LogP contribution in [0.4, 0.5) is 4.39 Å². The Morgan fingerprint density at radius 2 is 1.61 bits per heavy atom. The molecule has 4 heteroatoms. The van der Waals surface area contributed by atoms with Crippen molar-refractivity contribution in [1.82, 2.24) is 0 Å². The summed E-state index contributed by atoms with van der Waals surface area (Å²) >= 11 is 0. The minimum Gasteiger partial charge on any atom is -0.389 e. The maximum atomic E-state index is 15.0. The van der Waals surface area contributed by atoms with Gasteiger partial charge in [0.15, 0.2) is 6.17 Å². The van der Waals surface area contributed by atoms with Crippen molar-refractivity contribution in [3.05, 3.63) is 102 Å². The quantitative estimate of drug-likeness (QED) is 0.563. The van der Waals surface area contributed by atoms with E-state index in [2.05, 4.69) is 0 Å². The van der Waals surface area contributed by atoms with E-state index in [1.54, 1.807) is 42.5 Å². The molecule has 1 N–H and O–H groups in total. The highest BCUT2D eigenvalue weighted by Crippen LogP contribution is 2.31. The molecule has 3 rings (SSSR count). The number of hydrogen-bond acceptors (Lipinski definition) is 2. The third kappa shape index (κ3) is 5.03. The lowest BCUT2D eigenvalue weighted by Gasteiger charge is -2.18. The molecule has 0 saturated carbocycles. The number of alkyl halides is 1. The van der Waals surface area contributed by atoms with Crippen LogP contribution in [0.5, 0.6) is 0 Å². The SMILES string of the molecule is Cc1ccc(S(=O)c2ccccc2[C@H](F)[C@@H](O)C/C=C/c2ccccc2)cc1.